The molecule has 2 saturated heterocycles. The zero-order valence-corrected chi connectivity index (χ0v) is 12.0. The highest BCUT2D eigenvalue weighted by Gasteiger charge is 2.41. The molecule has 0 aromatic rings. The molecule has 19 heavy (non-hydrogen) atoms. The van der Waals surface area contributed by atoms with Crippen LogP contribution in [-0.2, 0) is 19.4 Å². The number of nitrogens with zero attached hydrogens (tertiary/aromatic N) is 1. The van der Waals surface area contributed by atoms with E-state index >= 15 is 0 Å². The molecule has 2 heterocycles. The Morgan fingerprint density at radius 1 is 1.21 bits per heavy atom. The molecule has 0 radical (unpaired) electrons. The summed E-state index contributed by atoms with van der Waals surface area (Å²) in [5.74, 6) is 0.251. The molecule has 0 aromatic carbocycles. The van der Waals surface area contributed by atoms with Gasteiger partial charge in [-0.15, -0.1) is 0 Å². The highest BCUT2D eigenvalue weighted by molar-refractivity contribution is 7.91. The summed E-state index contributed by atoms with van der Waals surface area (Å²) in [4.78, 5) is 14.3. The Balaban J connectivity index is 2.09. The summed E-state index contributed by atoms with van der Waals surface area (Å²) >= 11 is 0. The van der Waals surface area contributed by atoms with Crippen LogP contribution < -0.4 is 5.73 Å². The molecule has 110 valence electrons. The fourth-order valence-corrected chi connectivity index (χ4v) is 4.02. The van der Waals surface area contributed by atoms with Crippen molar-refractivity contribution in [1.82, 2.24) is 4.90 Å². The largest absolute Gasteiger partial charge is 0.381 e. The number of hydrogen-bond acceptors (Lipinski definition) is 5. The van der Waals surface area contributed by atoms with Gasteiger partial charge < -0.3 is 15.4 Å². The standard InChI is InChI=1S/C12H22N2O4S/c13-10-12(2-6-18-7-3-12)11(15)14-4-1-8-19(16,17)9-5-14/h1-10,13H2. The number of carbonyl (C=O) groups excluding carboxylic acids is 1. The third kappa shape index (κ3) is 3.27. The topological polar surface area (TPSA) is 89.7 Å². The van der Waals surface area contributed by atoms with E-state index in [0.717, 1.165) is 0 Å². The lowest BCUT2D eigenvalue weighted by atomic mass is 9.79. The zero-order chi connectivity index (χ0) is 13.9. The van der Waals surface area contributed by atoms with Crippen LogP contribution in [0.5, 0.6) is 0 Å². The van der Waals surface area contributed by atoms with Gasteiger partial charge in [0.25, 0.3) is 0 Å². The van der Waals surface area contributed by atoms with Gasteiger partial charge >= 0.3 is 0 Å². The minimum atomic E-state index is -2.99. The third-order valence-electron chi connectivity index (χ3n) is 4.14. The second kappa shape index (κ2) is 5.76. The Labute approximate surface area is 114 Å². The summed E-state index contributed by atoms with van der Waals surface area (Å²) in [7, 11) is -2.99. The second-order valence-corrected chi connectivity index (χ2v) is 7.70. The van der Waals surface area contributed by atoms with Crippen molar-refractivity contribution >= 4 is 15.7 Å². The molecule has 0 saturated carbocycles. The smallest absolute Gasteiger partial charge is 0.230 e. The van der Waals surface area contributed by atoms with Gasteiger partial charge in [0.15, 0.2) is 9.84 Å². The monoisotopic (exact) mass is 290 g/mol. The van der Waals surface area contributed by atoms with E-state index in [1.807, 2.05) is 0 Å². The van der Waals surface area contributed by atoms with E-state index in [1.165, 1.54) is 0 Å². The van der Waals surface area contributed by atoms with Gasteiger partial charge in [0, 0.05) is 32.8 Å². The van der Waals surface area contributed by atoms with E-state index < -0.39 is 15.3 Å². The number of amides is 1. The molecule has 2 aliphatic rings. The van der Waals surface area contributed by atoms with Gasteiger partial charge in [0.1, 0.15) is 0 Å². The second-order valence-electron chi connectivity index (χ2n) is 5.39. The molecule has 7 heteroatoms. The van der Waals surface area contributed by atoms with E-state index in [4.69, 9.17) is 10.5 Å². The molecular weight excluding hydrogens is 268 g/mol. The fourth-order valence-electron chi connectivity index (χ4n) is 2.74. The van der Waals surface area contributed by atoms with E-state index in [2.05, 4.69) is 0 Å². The molecule has 2 rings (SSSR count). The maximum absolute atomic E-state index is 12.7. The first-order valence-corrected chi connectivity index (χ1v) is 8.59. The minimum Gasteiger partial charge on any atom is -0.381 e. The van der Waals surface area contributed by atoms with Crippen molar-refractivity contribution in [3.63, 3.8) is 0 Å². The Hall–Kier alpha value is -0.660. The summed E-state index contributed by atoms with van der Waals surface area (Å²) in [5.41, 5.74) is 5.27. The van der Waals surface area contributed by atoms with Crippen LogP contribution in [0.25, 0.3) is 0 Å². The van der Waals surface area contributed by atoms with Crippen molar-refractivity contribution < 1.29 is 17.9 Å². The van der Waals surface area contributed by atoms with E-state index in [1.54, 1.807) is 4.90 Å². The average Bonchev–Trinajstić information content (AvgIpc) is 2.59. The first-order chi connectivity index (χ1) is 8.99. The van der Waals surface area contributed by atoms with Crippen LogP contribution in [0.2, 0.25) is 0 Å². The van der Waals surface area contributed by atoms with Gasteiger partial charge in [-0.2, -0.15) is 0 Å². The van der Waals surface area contributed by atoms with Crippen LogP contribution in [0.1, 0.15) is 19.3 Å². The van der Waals surface area contributed by atoms with Crippen molar-refractivity contribution in [1.29, 1.82) is 0 Å². The number of sulfone groups is 1. The number of carbonyl (C=O) groups is 1. The quantitative estimate of drug-likeness (QED) is 0.732. The molecule has 0 unspecified atom stereocenters. The third-order valence-corrected chi connectivity index (χ3v) is 5.85. The summed E-state index contributed by atoms with van der Waals surface area (Å²) in [6.45, 7) is 2.22. The summed E-state index contributed by atoms with van der Waals surface area (Å²) in [6.07, 6.45) is 1.78. The van der Waals surface area contributed by atoms with Crippen LogP contribution in [0.4, 0.5) is 0 Å². The van der Waals surface area contributed by atoms with Crippen molar-refractivity contribution in [3.05, 3.63) is 0 Å². The van der Waals surface area contributed by atoms with Gasteiger partial charge in [-0.3, -0.25) is 4.79 Å². The lowest BCUT2D eigenvalue weighted by Crippen LogP contribution is -2.51. The fraction of sp³-hybridized carbons (Fsp3) is 0.917. The van der Waals surface area contributed by atoms with Crippen molar-refractivity contribution in [2.24, 2.45) is 11.1 Å². The summed E-state index contributed by atoms with van der Waals surface area (Å²) in [6, 6.07) is 0. The van der Waals surface area contributed by atoms with Crippen molar-refractivity contribution in [3.8, 4) is 0 Å². The molecule has 0 spiro atoms. The van der Waals surface area contributed by atoms with Gasteiger partial charge in [-0.25, -0.2) is 8.42 Å². The van der Waals surface area contributed by atoms with Crippen molar-refractivity contribution in [2.75, 3.05) is 44.4 Å². The predicted octanol–water partition coefficient (Wildman–Crippen LogP) is -0.611. The van der Waals surface area contributed by atoms with Gasteiger partial charge in [0.2, 0.25) is 5.91 Å². The number of hydrogen-bond donors (Lipinski definition) is 1. The first-order valence-electron chi connectivity index (χ1n) is 6.77. The Kier molecular flexibility index (Phi) is 4.47. The molecular formula is C12H22N2O4S. The average molecular weight is 290 g/mol. The van der Waals surface area contributed by atoms with E-state index in [-0.39, 0.29) is 17.4 Å². The SMILES string of the molecule is NCC1(C(=O)N2CCCS(=O)(=O)CC2)CCOCC1. The van der Waals surface area contributed by atoms with E-state index in [0.29, 0.717) is 52.1 Å². The molecule has 0 aliphatic carbocycles. The molecule has 2 fully saturated rings. The highest BCUT2D eigenvalue weighted by Crippen LogP contribution is 2.32. The molecule has 6 nitrogen and oxygen atoms in total. The Bertz CT molecular complexity index is 429. The number of nitrogens with two attached hydrogens (primary N) is 1. The molecule has 2 N–H and O–H groups in total. The lowest BCUT2D eigenvalue weighted by molar-refractivity contribution is -0.146. The molecule has 1 amide bonds. The highest BCUT2D eigenvalue weighted by atomic mass is 32.2. The van der Waals surface area contributed by atoms with Crippen LogP contribution in [0.3, 0.4) is 0 Å². The normalized spacial score (nSPS) is 26.7. The lowest BCUT2D eigenvalue weighted by Gasteiger charge is -2.38. The number of ether oxygens (including phenoxy) is 1. The maximum atomic E-state index is 12.7. The van der Waals surface area contributed by atoms with Crippen LogP contribution >= 0.6 is 0 Å². The predicted molar refractivity (Wildman–Crippen MR) is 71.4 cm³/mol. The number of rotatable bonds is 2. The summed E-state index contributed by atoms with van der Waals surface area (Å²) < 4.78 is 28.5. The molecule has 0 bridgehead atoms. The van der Waals surface area contributed by atoms with Gasteiger partial charge in [-0.05, 0) is 19.3 Å². The van der Waals surface area contributed by atoms with Crippen LogP contribution in [0.15, 0.2) is 0 Å². The Morgan fingerprint density at radius 3 is 2.53 bits per heavy atom. The van der Waals surface area contributed by atoms with Crippen LogP contribution in [-0.4, -0.2) is 63.6 Å². The van der Waals surface area contributed by atoms with Gasteiger partial charge in [-0.1, -0.05) is 0 Å². The molecule has 0 atom stereocenters. The zero-order valence-electron chi connectivity index (χ0n) is 11.1. The van der Waals surface area contributed by atoms with Crippen molar-refractivity contribution in [2.45, 2.75) is 19.3 Å². The minimum absolute atomic E-state index is 0.00963. The first kappa shape index (κ1) is 14.7. The molecule has 2 aliphatic heterocycles. The van der Waals surface area contributed by atoms with Gasteiger partial charge in [0.05, 0.1) is 16.9 Å². The van der Waals surface area contributed by atoms with Crippen LogP contribution in [0, 0.1) is 5.41 Å². The summed E-state index contributed by atoms with van der Waals surface area (Å²) in [5, 5.41) is 0. The van der Waals surface area contributed by atoms with E-state index in [9.17, 15) is 13.2 Å². The maximum Gasteiger partial charge on any atom is 0.230 e. The molecule has 0 aromatic heterocycles. The Morgan fingerprint density at radius 2 is 1.89 bits per heavy atom.